The van der Waals surface area contributed by atoms with Crippen LogP contribution in [0.2, 0.25) is 0 Å². The number of benzene rings is 1. The van der Waals surface area contributed by atoms with Crippen LogP contribution < -0.4 is 10.1 Å². The van der Waals surface area contributed by atoms with Gasteiger partial charge in [-0.2, -0.15) is 0 Å². The molecule has 1 aromatic carbocycles. The van der Waals surface area contributed by atoms with Crippen LogP contribution in [0.25, 0.3) is 0 Å². The predicted octanol–water partition coefficient (Wildman–Crippen LogP) is 0.0288. The lowest BCUT2D eigenvalue weighted by atomic mass is 10.1. The standard InChI is InChI=1S/C14H20N2O3/c1-16(11-8-15-9-12(11)17)14(18)7-10-5-3-4-6-13(10)19-2/h3-6,11-12,15,17H,7-9H2,1-2H3/t11-,12-/m1/s1. The molecular weight excluding hydrogens is 244 g/mol. The number of β-amino-alcohol motifs (C(OH)–C–C–N with tert-alkyl or cyclic N) is 1. The maximum Gasteiger partial charge on any atom is 0.227 e. The van der Waals surface area contributed by atoms with Gasteiger partial charge >= 0.3 is 0 Å². The molecule has 1 fully saturated rings. The molecule has 0 saturated carbocycles. The summed E-state index contributed by atoms with van der Waals surface area (Å²) in [5.41, 5.74) is 0.863. The molecule has 0 aromatic heterocycles. The average molecular weight is 264 g/mol. The SMILES string of the molecule is COc1ccccc1CC(=O)N(C)[C@@H]1CNC[C@H]1O. The zero-order valence-electron chi connectivity index (χ0n) is 11.3. The van der Waals surface area contributed by atoms with Crippen LogP contribution >= 0.6 is 0 Å². The monoisotopic (exact) mass is 264 g/mol. The first-order chi connectivity index (χ1) is 9.13. The Morgan fingerprint density at radius 3 is 2.84 bits per heavy atom. The Hall–Kier alpha value is -1.59. The van der Waals surface area contributed by atoms with E-state index in [9.17, 15) is 9.90 Å². The summed E-state index contributed by atoms with van der Waals surface area (Å²) in [6.45, 7) is 1.17. The molecule has 2 rings (SSSR count). The van der Waals surface area contributed by atoms with Crippen molar-refractivity contribution in [3.63, 3.8) is 0 Å². The van der Waals surface area contributed by atoms with Crippen LogP contribution in [0.3, 0.4) is 0 Å². The lowest BCUT2D eigenvalue weighted by molar-refractivity contribution is -0.132. The molecule has 2 N–H and O–H groups in total. The number of ether oxygens (including phenoxy) is 1. The molecule has 1 amide bonds. The quantitative estimate of drug-likeness (QED) is 0.805. The van der Waals surface area contributed by atoms with Crippen LogP contribution in [-0.4, -0.2) is 55.3 Å². The summed E-state index contributed by atoms with van der Waals surface area (Å²) in [5, 5.41) is 12.9. The zero-order chi connectivity index (χ0) is 13.8. The van der Waals surface area contributed by atoms with E-state index >= 15 is 0 Å². The molecule has 104 valence electrons. The van der Waals surface area contributed by atoms with Gasteiger partial charge in [-0.25, -0.2) is 0 Å². The number of amides is 1. The molecule has 0 aliphatic carbocycles. The van der Waals surface area contributed by atoms with E-state index in [0.29, 0.717) is 18.8 Å². The van der Waals surface area contributed by atoms with Crippen molar-refractivity contribution in [2.24, 2.45) is 0 Å². The van der Waals surface area contributed by atoms with Crippen molar-refractivity contribution in [1.82, 2.24) is 10.2 Å². The third-order valence-corrected chi connectivity index (χ3v) is 3.58. The minimum atomic E-state index is -0.494. The van der Waals surface area contributed by atoms with E-state index in [0.717, 1.165) is 5.56 Å². The number of aliphatic hydroxyl groups is 1. The minimum absolute atomic E-state index is 0.0164. The summed E-state index contributed by atoms with van der Waals surface area (Å²) in [4.78, 5) is 13.9. The van der Waals surface area contributed by atoms with E-state index in [-0.39, 0.29) is 18.4 Å². The Bertz CT molecular complexity index is 450. The number of nitrogens with one attached hydrogen (secondary N) is 1. The van der Waals surface area contributed by atoms with Crippen molar-refractivity contribution in [3.8, 4) is 5.75 Å². The molecule has 1 aliphatic rings. The first-order valence-corrected chi connectivity index (χ1v) is 6.40. The number of hydrogen-bond donors (Lipinski definition) is 2. The summed E-state index contributed by atoms with van der Waals surface area (Å²) in [6.07, 6.45) is -0.212. The molecule has 5 nitrogen and oxygen atoms in total. The topological polar surface area (TPSA) is 61.8 Å². The van der Waals surface area contributed by atoms with Gasteiger partial charge in [0.1, 0.15) is 5.75 Å². The normalized spacial score (nSPS) is 22.3. The number of carbonyl (C=O) groups is 1. The van der Waals surface area contributed by atoms with E-state index in [1.54, 1.807) is 19.1 Å². The van der Waals surface area contributed by atoms with Crippen molar-refractivity contribution in [2.45, 2.75) is 18.6 Å². The highest BCUT2D eigenvalue weighted by atomic mass is 16.5. The molecule has 0 spiro atoms. The fourth-order valence-corrected chi connectivity index (χ4v) is 2.37. The van der Waals surface area contributed by atoms with Gasteiger partial charge in [-0.15, -0.1) is 0 Å². The molecule has 1 aromatic rings. The Labute approximate surface area is 113 Å². The molecule has 1 heterocycles. The zero-order valence-corrected chi connectivity index (χ0v) is 11.3. The van der Waals surface area contributed by atoms with Gasteiger partial charge in [0.2, 0.25) is 5.91 Å². The maximum absolute atomic E-state index is 12.2. The lowest BCUT2D eigenvalue weighted by Crippen LogP contribution is -2.44. The summed E-state index contributed by atoms with van der Waals surface area (Å²) in [7, 11) is 3.33. The van der Waals surface area contributed by atoms with Gasteiger partial charge in [-0.1, -0.05) is 18.2 Å². The largest absolute Gasteiger partial charge is 0.496 e. The van der Waals surface area contributed by atoms with Crippen molar-refractivity contribution >= 4 is 5.91 Å². The predicted molar refractivity (Wildman–Crippen MR) is 72.1 cm³/mol. The molecule has 0 bridgehead atoms. The van der Waals surface area contributed by atoms with Crippen molar-refractivity contribution < 1.29 is 14.6 Å². The van der Waals surface area contributed by atoms with Gasteiger partial charge in [0.05, 0.1) is 25.7 Å². The van der Waals surface area contributed by atoms with Crippen LogP contribution in [0, 0.1) is 0 Å². The third-order valence-electron chi connectivity index (χ3n) is 3.58. The smallest absolute Gasteiger partial charge is 0.227 e. The second-order valence-electron chi connectivity index (χ2n) is 4.79. The Balaban J connectivity index is 2.04. The van der Waals surface area contributed by atoms with E-state index in [4.69, 9.17) is 4.74 Å². The number of aliphatic hydroxyl groups excluding tert-OH is 1. The van der Waals surface area contributed by atoms with E-state index in [1.807, 2.05) is 24.3 Å². The highest BCUT2D eigenvalue weighted by Crippen LogP contribution is 2.19. The number of methoxy groups -OCH3 is 1. The Morgan fingerprint density at radius 2 is 2.21 bits per heavy atom. The highest BCUT2D eigenvalue weighted by Gasteiger charge is 2.31. The van der Waals surface area contributed by atoms with Crippen LogP contribution in [0.1, 0.15) is 5.56 Å². The molecule has 5 heteroatoms. The van der Waals surface area contributed by atoms with Gasteiger partial charge < -0.3 is 20.1 Å². The first-order valence-electron chi connectivity index (χ1n) is 6.40. The minimum Gasteiger partial charge on any atom is -0.496 e. The van der Waals surface area contributed by atoms with Crippen molar-refractivity contribution in [2.75, 3.05) is 27.2 Å². The second-order valence-corrected chi connectivity index (χ2v) is 4.79. The van der Waals surface area contributed by atoms with Crippen LogP contribution in [0.4, 0.5) is 0 Å². The Kier molecular flexibility index (Phi) is 4.39. The maximum atomic E-state index is 12.2. The van der Waals surface area contributed by atoms with Crippen molar-refractivity contribution in [1.29, 1.82) is 0 Å². The molecule has 1 saturated heterocycles. The number of para-hydroxylation sites is 1. The van der Waals surface area contributed by atoms with Crippen LogP contribution in [-0.2, 0) is 11.2 Å². The van der Waals surface area contributed by atoms with Gasteiger partial charge in [0, 0.05) is 25.7 Å². The average Bonchev–Trinajstić information content (AvgIpc) is 2.84. The number of nitrogens with zero attached hydrogens (tertiary/aromatic N) is 1. The molecule has 0 radical (unpaired) electrons. The number of carbonyl (C=O) groups excluding carboxylic acids is 1. The van der Waals surface area contributed by atoms with Crippen LogP contribution in [0.5, 0.6) is 5.75 Å². The van der Waals surface area contributed by atoms with E-state index < -0.39 is 6.10 Å². The fraction of sp³-hybridized carbons (Fsp3) is 0.500. The van der Waals surface area contributed by atoms with Crippen molar-refractivity contribution in [3.05, 3.63) is 29.8 Å². The Morgan fingerprint density at radius 1 is 1.47 bits per heavy atom. The summed E-state index contributed by atoms with van der Waals surface area (Å²) >= 11 is 0. The molecule has 19 heavy (non-hydrogen) atoms. The number of rotatable bonds is 4. The molecule has 0 unspecified atom stereocenters. The summed E-state index contributed by atoms with van der Waals surface area (Å²) < 4.78 is 5.24. The molecular formula is C14H20N2O3. The van der Waals surface area contributed by atoms with Gasteiger partial charge in [-0.3, -0.25) is 4.79 Å². The number of likely N-dealkylation sites (N-methyl/N-ethyl adjacent to an activating group) is 1. The van der Waals surface area contributed by atoms with E-state index in [2.05, 4.69) is 5.32 Å². The van der Waals surface area contributed by atoms with Crippen LogP contribution in [0.15, 0.2) is 24.3 Å². The second kappa shape index (κ2) is 6.04. The van der Waals surface area contributed by atoms with Gasteiger partial charge in [0.15, 0.2) is 0 Å². The summed E-state index contributed by atoms with van der Waals surface area (Å²) in [6, 6.07) is 7.34. The highest BCUT2D eigenvalue weighted by molar-refractivity contribution is 5.79. The lowest BCUT2D eigenvalue weighted by Gasteiger charge is -2.26. The number of hydrogen-bond acceptors (Lipinski definition) is 4. The van der Waals surface area contributed by atoms with Gasteiger partial charge in [0.25, 0.3) is 0 Å². The third kappa shape index (κ3) is 3.05. The molecule has 2 atom stereocenters. The van der Waals surface area contributed by atoms with E-state index in [1.165, 1.54) is 0 Å². The van der Waals surface area contributed by atoms with Gasteiger partial charge in [-0.05, 0) is 6.07 Å². The molecule has 1 aliphatic heterocycles. The first kappa shape index (κ1) is 13.8. The summed E-state index contributed by atoms with van der Waals surface area (Å²) in [5.74, 6) is 0.701. The fourth-order valence-electron chi connectivity index (χ4n) is 2.37.